The Kier molecular flexibility index (Phi) is 8.48. The second kappa shape index (κ2) is 11.9. The molecule has 0 aromatic heterocycles. The van der Waals surface area contributed by atoms with E-state index in [1.54, 1.807) is 42.5 Å². The molecule has 0 N–H and O–H groups in total. The molecule has 0 heterocycles. The van der Waals surface area contributed by atoms with Crippen molar-refractivity contribution in [3.63, 3.8) is 0 Å². The van der Waals surface area contributed by atoms with Gasteiger partial charge in [-0.25, -0.2) is 13.2 Å². The van der Waals surface area contributed by atoms with Crippen LogP contribution in [0.15, 0.2) is 78.9 Å². The molecule has 0 amide bonds. The normalized spacial score (nSPS) is 11.0. The van der Waals surface area contributed by atoms with Crippen LogP contribution in [0.3, 0.4) is 0 Å². The maximum Gasteiger partial charge on any atom is 0.167 e. The minimum Gasteiger partial charge on any atom is -0.491 e. The van der Waals surface area contributed by atoms with E-state index >= 15 is 0 Å². The van der Waals surface area contributed by atoms with Gasteiger partial charge in [0, 0.05) is 11.1 Å². The van der Waals surface area contributed by atoms with E-state index < -0.39 is 11.6 Å². The van der Waals surface area contributed by atoms with Crippen molar-refractivity contribution in [1.82, 2.24) is 0 Å². The van der Waals surface area contributed by atoms with E-state index in [0.29, 0.717) is 36.3 Å². The first-order valence-electron chi connectivity index (χ1n) is 12.5. The van der Waals surface area contributed by atoms with Crippen LogP contribution in [-0.2, 0) is 12.8 Å². The number of aryl methyl sites for hydroxylation is 3. The summed E-state index contributed by atoms with van der Waals surface area (Å²) in [4.78, 5) is 0. The lowest BCUT2D eigenvalue weighted by Crippen LogP contribution is -2.00. The van der Waals surface area contributed by atoms with E-state index in [1.807, 2.05) is 37.3 Å². The van der Waals surface area contributed by atoms with Crippen LogP contribution >= 0.6 is 0 Å². The summed E-state index contributed by atoms with van der Waals surface area (Å²) in [6.45, 7) is 4.59. The Labute approximate surface area is 211 Å². The quantitative estimate of drug-likeness (QED) is 0.202. The third-order valence-electron chi connectivity index (χ3n) is 6.41. The van der Waals surface area contributed by atoms with Crippen molar-refractivity contribution in [2.45, 2.75) is 46.0 Å². The monoisotopic (exact) mass is 488 g/mol. The topological polar surface area (TPSA) is 9.23 Å². The molecule has 0 saturated carbocycles. The van der Waals surface area contributed by atoms with Gasteiger partial charge in [0.15, 0.2) is 23.2 Å². The fourth-order valence-corrected chi connectivity index (χ4v) is 4.22. The number of ether oxygens (including phenoxy) is 1. The summed E-state index contributed by atoms with van der Waals surface area (Å²) in [5, 5.41) is 0. The molecule has 0 fully saturated rings. The zero-order valence-corrected chi connectivity index (χ0v) is 20.8. The van der Waals surface area contributed by atoms with E-state index in [9.17, 15) is 13.2 Å². The van der Waals surface area contributed by atoms with Crippen LogP contribution in [0.2, 0.25) is 0 Å². The average molecular weight is 489 g/mol. The van der Waals surface area contributed by atoms with Gasteiger partial charge in [-0.2, -0.15) is 0 Å². The van der Waals surface area contributed by atoms with Crippen LogP contribution < -0.4 is 4.74 Å². The van der Waals surface area contributed by atoms with Gasteiger partial charge in [0.25, 0.3) is 0 Å². The molecule has 0 unspecified atom stereocenters. The van der Waals surface area contributed by atoms with Crippen molar-refractivity contribution in [3.8, 4) is 28.0 Å². The Bertz CT molecular complexity index is 1290. The highest BCUT2D eigenvalue weighted by molar-refractivity contribution is 5.72. The molecule has 4 heteroatoms. The van der Waals surface area contributed by atoms with Crippen LogP contribution in [0, 0.1) is 24.4 Å². The molecule has 0 bridgehead atoms. The number of rotatable bonds is 10. The van der Waals surface area contributed by atoms with Gasteiger partial charge in [-0.15, -0.1) is 0 Å². The molecule has 4 rings (SSSR count). The number of halogens is 3. The molecule has 4 aromatic rings. The Hall–Kier alpha value is -3.53. The molecular weight excluding hydrogens is 457 g/mol. The Morgan fingerprint density at radius 1 is 0.639 bits per heavy atom. The summed E-state index contributed by atoms with van der Waals surface area (Å²) >= 11 is 0. The standard InChI is InChI=1S/C32H31F3O/c1-3-4-5-20-36-30-19-12-24(21-29(30)33)9-8-23-10-15-26(16-11-23)28-18-17-27(31(34)32(28)35)25-13-6-22(2)7-14-25/h6-7,10-19,21H,3-5,8-9,20H2,1-2H3. The molecule has 0 radical (unpaired) electrons. The summed E-state index contributed by atoms with van der Waals surface area (Å²) in [5.41, 5.74) is 4.72. The molecule has 1 nitrogen and oxygen atoms in total. The van der Waals surface area contributed by atoms with Crippen molar-refractivity contribution < 1.29 is 17.9 Å². The van der Waals surface area contributed by atoms with Gasteiger partial charge in [-0.1, -0.05) is 92.1 Å². The molecule has 0 aliphatic carbocycles. The van der Waals surface area contributed by atoms with Crippen LogP contribution in [0.25, 0.3) is 22.3 Å². The van der Waals surface area contributed by atoms with E-state index in [1.165, 1.54) is 6.07 Å². The first kappa shape index (κ1) is 25.6. The van der Waals surface area contributed by atoms with Gasteiger partial charge in [-0.3, -0.25) is 0 Å². The number of unbranched alkanes of at least 4 members (excludes halogenated alkanes) is 2. The van der Waals surface area contributed by atoms with E-state index in [4.69, 9.17) is 4.74 Å². The Morgan fingerprint density at radius 2 is 1.19 bits per heavy atom. The minimum absolute atomic E-state index is 0.228. The van der Waals surface area contributed by atoms with Crippen molar-refractivity contribution in [2.75, 3.05) is 6.61 Å². The lowest BCUT2D eigenvalue weighted by atomic mass is 9.97. The number of hydrogen-bond acceptors (Lipinski definition) is 1. The first-order valence-corrected chi connectivity index (χ1v) is 12.5. The predicted molar refractivity (Wildman–Crippen MR) is 141 cm³/mol. The van der Waals surface area contributed by atoms with Gasteiger partial charge in [-0.05, 0) is 60.6 Å². The third-order valence-corrected chi connectivity index (χ3v) is 6.41. The lowest BCUT2D eigenvalue weighted by molar-refractivity contribution is 0.291. The van der Waals surface area contributed by atoms with E-state index in [-0.39, 0.29) is 16.9 Å². The molecular formula is C32H31F3O. The molecule has 0 spiro atoms. The molecule has 0 aliphatic heterocycles. The van der Waals surface area contributed by atoms with Crippen LogP contribution in [0.5, 0.6) is 5.75 Å². The molecule has 0 aliphatic rings. The first-order chi connectivity index (χ1) is 17.5. The third kappa shape index (κ3) is 6.17. The van der Waals surface area contributed by atoms with Gasteiger partial charge < -0.3 is 4.74 Å². The fourth-order valence-electron chi connectivity index (χ4n) is 4.22. The smallest absolute Gasteiger partial charge is 0.167 e. The summed E-state index contributed by atoms with van der Waals surface area (Å²) in [6, 6.07) is 23.1. The van der Waals surface area contributed by atoms with Crippen molar-refractivity contribution >= 4 is 0 Å². The predicted octanol–water partition coefficient (Wildman–Crippen LogP) is 9.10. The van der Waals surface area contributed by atoms with E-state index in [0.717, 1.165) is 36.0 Å². The molecule has 36 heavy (non-hydrogen) atoms. The molecule has 4 aromatic carbocycles. The zero-order chi connectivity index (χ0) is 25.5. The summed E-state index contributed by atoms with van der Waals surface area (Å²) in [6.07, 6.45) is 4.46. The second-order valence-electron chi connectivity index (χ2n) is 9.17. The van der Waals surface area contributed by atoms with E-state index in [2.05, 4.69) is 6.92 Å². The number of benzene rings is 4. The average Bonchev–Trinajstić information content (AvgIpc) is 2.89. The Morgan fingerprint density at radius 3 is 1.78 bits per heavy atom. The largest absolute Gasteiger partial charge is 0.491 e. The maximum atomic E-state index is 14.9. The highest BCUT2D eigenvalue weighted by Gasteiger charge is 2.16. The minimum atomic E-state index is -0.853. The summed E-state index contributed by atoms with van der Waals surface area (Å²) in [5.74, 6) is -1.75. The highest BCUT2D eigenvalue weighted by atomic mass is 19.2. The van der Waals surface area contributed by atoms with Crippen LogP contribution in [0.1, 0.15) is 42.9 Å². The second-order valence-corrected chi connectivity index (χ2v) is 9.17. The summed E-state index contributed by atoms with van der Waals surface area (Å²) in [7, 11) is 0. The fraction of sp³-hybridized carbons (Fsp3) is 0.250. The lowest BCUT2D eigenvalue weighted by Gasteiger charge is -2.11. The van der Waals surface area contributed by atoms with Crippen molar-refractivity contribution in [2.24, 2.45) is 0 Å². The van der Waals surface area contributed by atoms with Crippen molar-refractivity contribution in [3.05, 3.63) is 113 Å². The van der Waals surface area contributed by atoms with Gasteiger partial charge >= 0.3 is 0 Å². The molecule has 0 saturated heterocycles. The van der Waals surface area contributed by atoms with Crippen molar-refractivity contribution in [1.29, 1.82) is 0 Å². The molecule has 0 atom stereocenters. The van der Waals surface area contributed by atoms with Crippen LogP contribution in [-0.4, -0.2) is 6.61 Å². The number of hydrogen-bond donors (Lipinski definition) is 0. The highest BCUT2D eigenvalue weighted by Crippen LogP contribution is 2.32. The van der Waals surface area contributed by atoms with Gasteiger partial charge in [0.05, 0.1) is 6.61 Å². The maximum absolute atomic E-state index is 14.9. The zero-order valence-electron chi connectivity index (χ0n) is 20.8. The summed E-state index contributed by atoms with van der Waals surface area (Å²) < 4.78 is 49.7. The van der Waals surface area contributed by atoms with Gasteiger partial charge in [0.2, 0.25) is 0 Å². The molecule has 186 valence electrons. The van der Waals surface area contributed by atoms with Crippen LogP contribution in [0.4, 0.5) is 13.2 Å². The SMILES string of the molecule is CCCCCOc1ccc(CCc2ccc(-c3ccc(-c4ccc(C)cc4)c(F)c3F)cc2)cc1F. The van der Waals surface area contributed by atoms with Gasteiger partial charge in [0.1, 0.15) is 0 Å². The Balaban J connectivity index is 1.40.